The molecular weight excluding hydrogens is 262 g/mol. The van der Waals surface area contributed by atoms with Gasteiger partial charge in [0.15, 0.2) is 0 Å². The van der Waals surface area contributed by atoms with Crippen molar-refractivity contribution >= 4 is 10.9 Å². The molecule has 1 aromatic heterocycles. The predicted molar refractivity (Wildman–Crippen MR) is 83.4 cm³/mol. The van der Waals surface area contributed by atoms with Crippen molar-refractivity contribution in [1.82, 2.24) is 4.98 Å². The van der Waals surface area contributed by atoms with Crippen LogP contribution in [0.15, 0.2) is 60.8 Å². The van der Waals surface area contributed by atoms with Gasteiger partial charge in [-0.3, -0.25) is 4.98 Å². The molecule has 106 valence electrons. The largest absolute Gasteiger partial charge is 0.505 e. The first-order valence-electron chi connectivity index (χ1n) is 7.03. The van der Waals surface area contributed by atoms with Gasteiger partial charge in [0.25, 0.3) is 0 Å². The lowest BCUT2D eigenvalue weighted by molar-refractivity contribution is 0.281. The lowest BCUT2D eigenvalue weighted by atomic mass is 9.87. The molecule has 21 heavy (non-hydrogen) atoms. The number of aliphatic hydroxyl groups is 1. The molecule has 0 saturated carbocycles. The van der Waals surface area contributed by atoms with Gasteiger partial charge in [-0.1, -0.05) is 48.5 Å². The maximum atomic E-state index is 10.6. The first-order valence-corrected chi connectivity index (χ1v) is 7.03. The smallest absolute Gasteiger partial charge is 0.145 e. The highest BCUT2D eigenvalue weighted by Crippen LogP contribution is 2.37. The van der Waals surface area contributed by atoms with E-state index < -0.39 is 0 Å². The van der Waals surface area contributed by atoms with Gasteiger partial charge in [0.1, 0.15) is 11.3 Å². The van der Waals surface area contributed by atoms with Gasteiger partial charge in [0.2, 0.25) is 0 Å². The zero-order chi connectivity index (χ0) is 14.7. The van der Waals surface area contributed by atoms with Crippen molar-refractivity contribution in [1.29, 1.82) is 0 Å². The Morgan fingerprint density at radius 2 is 1.76 bits per heavy atom. The fraction of sp³-hybridized carbons (Fsp3) is 0.167. The number of aromatic hydroxyl groups is 1. The number of aliphatic hydroxyl groups excluding tert-OH is 1. The molecule has 0 aliphatic carbocycles. The quantitative estimate of drug-likeness (QED) is 0.769. The van der Waals surface area contributed by atoms with E-state index in [1.165, 1.54) is 0 Å². The summed E-state index contributed by atoms with van der Waals surface area (Å²) >= 11 is 0. The van der Waals surface area contributed by atoms with Crippen molar-refractivity contribution in [3.63, 3.8) is 0 Å². The molecule has 1 unspecified atom stereocenters. The second-order valence-electron chi connectivity index (χ2n) is 5.05. The SMILES string of the molecule is OCCC(c1ccccc1)c1ccc2cccnc2c1O. The summed E-state index contributed by atoms with van der Waals surface area (Å²) in [5.41, 5.74) is 2.49. The summed E-state index contributed by atoms with van der Waals surface area (Å²) in [5, 5.41) is 20.8. The van der Waals surface area contributed by atoms with E-state index >= 15 is 0 Å². The number of aromatic nitrogens is 1. The summed E-state index contributed by atoms with van der Waals surface area (Å²) in [5.74, 6) is 0.165. The third-order valence-electron chi connectivity index (χ3n) is 3.77. The van der Waals surface area contributed by atoms with E-state index in [9.17, 15) is 10.2 Å². The van der Waals surface area contributed by atoms with Gasteiger partial charge in [-0.25, -0.2) is 0 Å². The van der Waals surface area contributed by atoms with Gasteiger partial charge >= 0.3 is 0 Å². The first kappa shape index (κ1) is 13.6. The molecule has 3 nitrogen and oxygen atoms in total. The number of fused-ring (bicyclic) bond motifs is 1. The number of phenols is 1. The Labute approximate surface area is 123 Å². The summed E-state index contributed by atoms with van der Waals surface area (Å²) in [7, 11) is 0. The second-order valence-corrected chi connectivity index (χ2v) is 5.05. The molecule has 3 heteroatoms. The van der Waals surface area contributed by atoms with Crippen LogP contribution in [0.5, 0.6) is 5.75 Å². The minimum atomic E-state index is -0.0393. The number of rotatable bonds is 4. The summed E-state index contributed by atoms with van der Waals surface area (Å²) in [6.07, 6.45) is 2.24. The van der Waals surface area contributed by atoms with E-state index in [2.05, 4.69) is 4.98 Å². The third kappa shape index (κ3) is 2.60. The predicted octanol–water partition coefficient (Wildman–Crippen LogP) is 3.45. The van der Waals surface area contributed by atoms with Crippen molar-refractivity contribution < 1.29 is 10.2 Å². The van der Waals surface area contributed by atoms with Crippen LogP contribution in [0.25, 0.3) is 10.9 Å². The molecule has 0 aliphatic rings. The Balaban J connectivity index is 2.14. The molecule has 0 amide bonds. The van der Waals surface area contributed by atoms with E-state index in [1.807, 2.05) is 54.6 Å². The molecule has 0 fully saturated rings. The molecule has 3 rings (SSSR count). The van der Waals surface area contributed by atoms with Crippen LogP contribution in [0.4, 0.5) is 0 Å². The van der Waals surface area contributed by atoms with Crippen LogP contribution in [-0.4, -0.2) is 21.8 Å². The van der Waals surface area contributed by atoms with Crippen molar-refractivity contribution in [3.8, 4) is 5.75 Å². The Morgan fingerprint density at radius 3 is 2.52 bits per heavy atom. The minimum Gasteiger partial charge on any atom is -0.505 e. The van der Waals surface area contributed by atoms with Gasteiger partial charge in [0, 0.05) is 29.7 Å². The minimum absolute atomic E-state index is 0.0393. The average molecular weight is 279 g/mol. The Kier molecular flexibility index (Phi) is 3.84. The maximum Gasteiger partial charge on any atom is 0.145 e. The molecule has 0 bridgehead atoms. The summed E-state index contributed by atoms with van der Waals surface area (Å²) in [6, 6.07) is 17.6. The van der Waals surface area contributed by atoms with E-state index in [0.29, 0.717) is 11.9 Å². The van der Waals surface area contributed by atoms with Gasteiger partial charge in [-0.05, 0) is 18.1 Å². The van der Waals surface area contributed by atoms with Crippen LogP contribution in [0, 0.1) is 0 Å². The number of phenolic OH excluding ortho intramolecular Hbond substituents is 1. The van der Waals surface area contributed by atoms with Gasteiger partial charge < -0.3 is 10.2 Å². The zero-order valence-electron chi connectivity index (χ0n) is 11.6. The topological polar surface area (TPSA) is 53.4 Å². The Hall–Kier alpha value is -2.39. The number of benzene rings is 2. The molecular formula is C18H17NO2. The average Bonchev–Trinajstić information content (AvgIpc) is 2.55. The summed E-state index contributed by atoms with van der Waals surface area (Å²) in [6.45, 7) is 0.0687. The van der Waals surface area contributed by atoms with Gasteiger partial charge in [-0.15, -0.1) is 0 Å². The molecule has 0 aliphatic heterocycles. The third-order valence-corrected chi connectivity index (χ3v) is 3.77. The highest BCUT2D eigenvalue weighted by atomic mass is 16.3. The van der Waals surface area contributed by atoms with E-state index in [0.717, 1.165) is 16.5 Å². The molecule has 0 spiro atoms. The fourth-order valence-corrected chi connectivity index (χ4v) is 2.74. The molecule has 1 heterocycles. The maximum absolute atomic E-state index is 10.6. The second kappa shape index (κ2) is 5.94. The van der Waals surface area contributed by atoms with Crippen LogP contribution in [-0.2, 0) is 0 Å². The highest BCUT2D eigenvalue weighted by Gasteiger charge is 2.19. The number of nitrogens with zero attached hydrogens (tertiary/aromatic N) is 1. The van der Waals surface area contributed by atoms with Crippen LogP contribution in [0.1, 0.15) is 23.5 Å². The van der Waals surface area contributed by atoms with Crippen LogP contribution >= 0.6 is 0 Å². The Bertz CT molecular complexity index is 741. The molecule has 2 N–H and O–H groups in total. The normalized spacial score (nSPS) is 12.4. The number of hydrogen-bond acceptors (Lipinski definition) is 3. The highest BCUT2D eigenvalue weighted by molar-refractivity contribution is 5.85. The van der Waals surface area contributed by atoms with Crippen LogP contribution < -0.4 is 0 Å². The molecule has 2 aromatic carbocycles. The van der Waals surface area contributed by atoms with Crippen molar-refractivity contribution in [3.05, 3.63) is 71.9 Å². The van der Waals surface area contributed by atoms with Gasteiger partial charge in [-0.2, -0.15) is 0 Å². The molecule has 3 aromatic rings. The first-order chi connectivity index (χ1) is 10.3. The van der Waals surface area contributed by atoms with Crippen molar-refractivity contribution in [2.75, 3.05) is 6.61 Å². The van der Waals surface area contributed by atoms with Crippen molar-refractivity contribution in [2.24, 2.45) is 0 Å². The van der Waals surface area contributed by atoms with Crippen LogP contribution in [0.3, 0.4) is 0 Å². The summed E-state index contributed by atoms with van der Waals surface area (Å²) < 4.78 is 0. The van der Waals surface area contributed by atoms with Crippen molar-refractivity contribution in [2.45, 2.75) is 12.3 Å². The number of pyridine rings is 1. The Morgan fingerprint density at radius 1 is 0.952 bits per heavy atom. The molecule has 0 radical (unpaired) electrons. The molecule has 0 saturated heterocycles. The van der Waals surface area contributed by atoms with E-state index in [1.54, 1.807) is 6.20 Å². The fourth-order valence-electron chi connectivity index (χ4n) is 2.74. The standard InChI is InChI=1S/C18H17NO2/c20-12-10-15(13-5-2-1-3-6-13)16-9-8-14-7-4-11-19-17(14)18(16)21/h1-9,11,15,20-21H,10,12H2. The zero-order valence-corrected chi connectivity index (χ0v) is 11.6. The lowest BCUT2D eigenvalue weighted by Gasteiger charge is -2.19. The summed E-state index contributed by atoms with van der Waals surface area (Å²) in [4.78, 5) is 4.27. The monoisotopic (exact) mass is 279 g/mol. The van der Waals surface area contributed by atoms with E-state index in [4.69, 9.17) is 0 Å². The lowest BCUT2D eigenvalue weighted by Crippen LogP contribution is -2.04. The van der Waals surface area contributed by atoms with Gasteiger partial charge in [0.05, 0.1) is 0 Å². The van der Waals surface area contributed by atoms with Crippen LogP contribution in [0.2, 0.25) is 0 Å². The van der Waals surface area contributed by atoms with E-state index in [-0.39, 0.29) is 18.3 Å². The molecule has 1 atom stereocenters. The number of hydrogen-bond donors (Lipinski definition) is 2.